The molecule has 1 aliphatic carbocycles. The summed E-state index contributed by atoms with van der Waals surface area (Å²) in [6, 6.07) is 7.82. The third-order valence-electron chi connectivity index (χ3n) is 4.42. The number of amides is 1. The number of aryl methyl sites for hydroxylation is 1. The molecule has 0 saturated heterocycles. The molecule has 1 aromatic carbocycles. The molecule has 2 heterocycles. The van der Waals surface area contributed by atoms with Crippen molar-refractivity contribution in [3.8, 4) is 0 Å². The Bertz CT molecular complexity index is 845. The number of fused-ring (bicyclic) bond motifs is 1. The van der Waals surface area contributed by atoms with Crippen LogP contribution < -0.4 is 5.32 Å². The predicted molar refractivity (Wildman–Crippen MR) is 86.6 cm³/mol. The molecular formula is C17H19N5O. The van der Waals surface area contributed by atoms with Crippen LogP contribution in [0.2, 0.25) is 0 Å². The van der Waals surface area contributed by atoms with E-state index in [1.165, 1.54) is 0 Å². The summed E-state index contributed by atoms with van der Waals surface area (Å²) in [5.74, 6) is 1.42. The molecule has 0 aliphatic heterocycles. The second-order valence-electron chi connectivity index (χ2n) is 6.18. The minimum absolute atomic E-state index is 0.000645. The molecule has 1 atom stereocenters. The number of imidazole rings is 1. The number of carbonyl (C=O) groups is 1. The molecule has 118 valence electrons. The minimum Gasteiger partial charge on any atom is -0.346 e. The number of nitrogens with one attached hydrogen (secondary N) is 2. The maximum absolute atomic E-state index is 12.5. The first kappa shape index (κ1) is 14.0. The molecule has 0 spiro atoms. The maximum atomic E-state index is 12.5. The van der Waals surface area contributed by atoms with Gasteiger partial charge in [-0.3, -0.25) is 9.89 Å². The highest BCUT2D eigenvalue weighted by Gasteiger charge is 2.35. The Morgan fingerprint density at radius 2 is 2.26 bits per heavy atom. The lowest BCUT2D eigenvalue weighted by Crippen LogP contribution is -2.32. The highest BCUT2D eigenvalue weighted by molar-refractivity contribution is 5.87. The molecule has 1 aliphatic rings. The largest absolute Gasteiger partial charge is 0.346 e. The normalized spacial score (nSPS) is 15.7. The van der Waals surface area contributed by atoms with Crippen molar-refractivity contribution >= 4 is 16.8 Å². The monoisotopic (exact) mass is 309 g/mol. The van der Waals surface area contributed by atoms with E-state index in [0.29, 0.717) is 12.3 Å². The topological polar surface area (TPSA) is 75.6 Å². The molecule has 6 nitrogen and oxygen atoms in total. The molecule has 0 unspecified atom stereocenters. The van der Waals surface area contributed by atoms with Crippen molar-refractivity contribution in [2.45, 2.75) is 25.3 Å². The molecule has 0 bridgehead atoms. The number of aromatic amines is 1. The van der Waals surface area contributed by atoms with E-state index in [2.05, 4.69) is 20.5 Å². The zero-order valence-electron chi connectivity index (χ0n) is 13.0. The Kier molecular flexibility index (Phi) is 3.37. The van der Waals surface area contributed by atoms with E-state index in [0.717, 1.165) is 35.3 Å². The maximum Gasteiger partial charge on any atom is 0.226 e. The number of rotatable bonds is 5. The van der Waals surface area contributed by atoms with Gasteiger partial charge in [0.25, 0.3) is 0 Å². The van der Waals surface area contributed by atoms with E-state index in [1.807, 2.05) is 42.1 Å². The van der Waals surface area contributed by atoms with Gasteiger partial charge in [0.05, 0.1) is 23.7 Å². The number of H-pyrrole nitrogens is 1. The van der Waals surface area contributed by atoms with Gasteiger partial charge in [-0.15, -0.1) is 0 Å². The molecule has 1 amide bonds. The smallest absolute Gasteiger partial charge is 0.226 e. The molecule has 23 heavy (non-hydrogen) atoms. The quantitative estimate of drug-likeness (QED) is 0.758. The lowest BCUT2D eigenvalue weighted by atomic mass is 10.1. The Labute approximate surface area is 133 Å². The lowest BCUT2D eigenvalue weighted by Gasteiger charge is -2.18. The average molecular weight is 309 g/mol. The van der Waals surface area contributed by atoms with Gasteiger partial charge in [0.15, 0.2) is 0 Å². The van der Waals surface area contributed by atoms with E-state index in [1.54, 1.807) is 6.20 Å². The first-order valence-electron chi connectivity index (χ1n) is 7.91. The van der Waals surface area contributed by atoms with Gasteiger partial charge in [-0.2, -0.15) is 5.10 Å². The van der Waals surface area contributed by atoms with E-state index in [9.17, 15) is 4.79 Å². The van der Waals surface area contributed by atoms with E-state index < -0.39 is 0 Å². The highest BCUT2D eigenvalue weighted by Crippen LogP contribution is 2.40. The second kappa shape index (κ2) is 5.53. The van der Waals surface area contributed by atoms with Gasteiger partial charge in [0, 0.05) is 24.8 Å². The first-order chi connectivity index (χ1) is 11.2. The third-order valence-corrected chi connectivity index (χ3v) is 4.42. The molecule has 4 rings (SSSR count). The number of aromatic nitrogens is 4. The van der Waals surface area contributed by atoms with Crippen LogP contribution >= 0.6 is 0 Å². The van der Waals surface area contributed by atoms with Crippen molar-refractivity contribution in [3.63, 3.8) is 0 Å². The number of hydrogen-bond acceptors (Lipinski definition) is 3. The van der Waals surface area contributed by atoms with Crippen molar-refractivity contribution < 1.29 is 4.79 Å². The van der Waals surface area contributed by atoms with Gasteiger partial charge in [-0.1, -0.05) is 18.2 Å². The van der Waals surface area contributed by atoms with Gasteiger partial charge in [0.2, 0.25) is 5.91 Å². The molecule has 0 radical (unpaired) electrons. The Morgan fingerprint density at radius 3 is 3.00 bits per heavy atom. The van der Waals surface area contributed by atoms with E-state index >= 15 is 0 Å². The highest BCUT2D eigenvalue weighted by atomic mass is 16.1. The summed E-state index contributed by atoms with van der Waals surface area (Å²) in [4.78, 5) is 16.9. The standard InChI is InChI=1S/C17H19N5O/c1-22-9-8-18-17(22)16(11-6-7-11)19-15(23)10-14-12-4-2-3-5-13(12)20-21-14/h2-5,8-9,11,16H,6-7,10H2,1H3,(H,19,23)(H,20,21)/t16-/m0/s1. The van der Waals surface area contributed by atoms with Gasteiger partial charge in [0.1, 0.15) is 5.82 Å². The number of benzene rings is 1. The molecule has 1 fully saturated rings. The second-order valence-corrected chi connectivity index (χ2v) is 6.18. The van der Waals surface area contributed by atoms with Gasteiger partial charge >= 0.3 is 0 Å². The van der Waals surface area contributed by atoms with Crippen molar-refractivity contribution in [1.29, 1.82) is 0 Å². The minimum atomic E-state index is -0.00307. The number of para-hydroxylation sites is 1. The zero-order valence-corrected chi connectivity index (χ0v) is 13.0. The van der Waals surface area contributed by atoms with Crippen LogP contribution in [0.4, 0.5) is 0 Å². The van der Waals surface area contributed by atoms with Crippen LogP contribution in [0, 0.1) is 5.92 Å². The summed E-state index contributed by atoms with van der Waals surface area (Å²) < 4.78 is 1.98. The van der Waals surface area contributed by atoms with Crippen molar-refractivity contribution in [1.82, 2.24) is 25.1 Å². The van der Waals surface area contributed by atoms with Crippen LogP contribution in [0.1, 0.15) is 30.4 Å². The Morgan fingerprint density at radius 1 is 1.43 bits per heavy atom. The molecule has 1 saturated carbocycles. The summed E-state index contributed by atoms with van der Waals surface area (Å²) in [5, 5.41) is 11.4. The Balaban J connectivity index is 1.51. The SMILES string of the molecule is Cn1ccnc1[C@@H](NC(=O)Cc1[nH]nc2ccccc12)C1CC1. The van der Waals surface area contributed by atoms with Crippen LogP contribution in [0.3, 0.4) is 0 Å². The Hall–Kier alpha value is -2.63. The van der Waals surface area contributed by atoms with Crippen LogP contribution in [-0.2, 0) is 18.3 Å². The molecule has 3 aromatic rings. The summed E-state index contributed by atoms with van der Waals surface area (Å²) >= 11 is 0. The fourth-order valence-electron chi connectivity index (χ4n) is 3.03. The lowest BCUT2D eigenvalue weighted by molar-refractivity contribution is -0.121. The number of carbonyl (C=O) groups excluding carboxylic acids is 1. The van der Waals surface area contributed by atoms with E-state index in [-0.39, 0.29) is 11.9 Å². The fourth-order valence-corrected chi connectivity index (χ4v) is 3.03. The first-order valence-corrected chi connectivity index (χ1v) is 7.91. The third kappa shape index (κ3) is 2.72. The summed E-state index contributed by atoms with van der Waals surface area (Å²) in [6.45, 7) is 0. The van der Waals surface area contributed by atoms with Crippen LogP contribution in [0.25, 0.3) is 10.9 Å². The molecule has 6 heteroatoms. The van der Waals surface area contributed by atoms with Crippen LogP contribution in [0.15, 0.2) is 36.7 Å². The molecule has 2 N–H and O–H groups in total. The zero-order chi connectivity index (χ0) is 15.8. The predicted octanol–water partition coefficient (Wildman–Crippen LogP) is 2.11. The fraction of sp³-hybridized carbons (Fsp3) is 0.353. The number of hydrogen-bond donors (Lipinski definition) is 2. The van der Waals surface area contributed by atoms with Crippen molar-refractivity contribution in [2.75, 3.05) is 0 Å². The summed E-state index contributed by atoms with van der Waals surface area (Å²) in [6.07, 6.45) is 6.28. The van der Waals surface area contributed by atoms with Gasteiger partial charge < -0.3 is 9.88 Å². The van der Waals surface area contributed by atoms with Gasteiger partial charge in [-0.05, 0) is 24.8 Å². The van der Waals surface area contributed by atoms with E-state index in [4.69, 9.17) is 0 Å². The van der Waals surface area contributed by atoms with Gasteiger partial charge in [-0.25, -0.2) is 4.98 Å². The summed E-state index contributed by atoms with van der Waals surface area (Å²) in [5.41, 5.74) is 1.74. The molecule has 2 aromatic heterocycles. The van der Waals surface area contributed by atoms with Crippen LogP contribution in [0.5, 0.6) is 0 Å². The number of nitrogens with zero attached hydrogens (tertiary/aromatic N) is 3. The van der Waals surface area contributed by atoms with Crippen molar-refractivity contribution in [3.05, 3.63) is 48.2 Å². The van der Waals surface area contributed by atoms with Crippen LogP contribution in [-0.4, -0.2) is 25.7 Å². The molecular weight excluding hydrogens is 290 g/mol. The average Bonchev–Trinajstić information content (AvgIpc) is 3.19. The summed E-state index contributed by atoms with van der Waals surface area (Å²) in [7, 11) is 1.96. The van der Waals surface area contributed by atoms with Crippen molar-refractivity contribution in [2.24, 2.45) is 13.0 Å².